The van der Waals surface area contributed by atoms with Gasteiger partial charge in [0.1, 0.15) is 0 Å². The Balaban J connectivity index is 1.59. The van der Waals surface area contributed by atoms with Crippen molar-refractivity contribution >= 4 is 17.7 Å². The molecule has 2 rings (SSSR count). The fourth-order valence-electron chi connectivity index (χ4n) is 2.83. The molecule has 1 aliphatic heterocycles. The van der Waals surface area contributed by atoms with Crippen LogP contribution in [0.3, 0.4) is 0 Å². The number of piperidine rings is 1. The maximum atomic E-state index is 12.1. The fourth-order valence-corrected chi connectivity index (χ4v) is 2.83. The van der Waals surface area contributed by atoms with Crippen molar-refractivity contribution in [1.82, 2.24) is 15.5 Å². The summed E-state index contributed by atoms with van der Waals surface area (Å²) in [7, 11) is 0. The Morgan fingerprint density at radius 1 is 1.04 bits per heavy atom. The Kier molecular flexibility index (Phi) is 6.78. The van der Waals surface area contributed by atoms with Gasteiger partial charge in [0.05, 0.1) is 6.42 Å². The van der Waals surface area contributed by atoms with E-state index in [9.17, 15) is 14.4 Å². The third kappa shape index (κ3) is 5.68. The summed E-state index contributed by atoms with van der Waals surface area (Å²) in [4.78, 5) is 36.9. The first kappa shape index (κ1) is 18.0. The van der Waals surface area contributed by atoms with Gasteiger partial charge in [0.15, 0.2) is 0 Å². The standard InChI is InChI=1S/C18H25N3O3/c1-14(22)21-11-7-16(8-12-21)18(24)20-10-9-19-17(23)13-15-5-3-2-4-6-15/h2-6,16H,7-13H2,1H3,(H,19,23)(H,20,24). The Morgan fingerprint density at radius 2 is 1.67 bits per heavy atom. The monoisotopic (exact) mass is 331 g/mol. The van der Waals surface area contributed by atoms with Crippen LogP contribution < -0.4 is 10.6 Å². The van der Waals surface area contributed by atoms with E-state index in [1.54, 1.807) is 11.8 Å². The summed E-state index contributed by atoms with van der Waals surface area (Å²) < 4.78 is 0. The van der Waals surface area contributed by atoms with Crippen LogP contribution in [0, 0.1) is 5.92 Å². The number of hydrogen-bond acceptors (Lipinski definition) is 3. The first-order valence-electron chi connectivity index (χ1n) is 8.40. The highest BCUT2D eigenvalue weighted by Gasteiger charge is 2.25. The Morgan fingerprint density at radius 3 is 2.29 bits per heavy atom. The molecule has 3 amide bonds. The lowest BCUT2D eigenvalue weighted by Gasteiger charge is -2.30. The minimum Gasteiger partial charge on any atom is -0.354 e. The van der Waals surface area contributed by atoms with Crippen molar-refractivity contribution in [3.8, 4) is 0 Å². The zero-order valence-electron chi connectivity index (χ0n) is 14.1. The lowest BCUT2D eigenvalue weighted by Crippen LogP contribution is -2.43. The van der Waals surface area contributed by atoms with E-state index in [2.05, 4.69) is 10.6 Å². The average Bonchev–Trinajstić information content (AvgIpc) is 2.59. The summed E-state index contributed by atoms with van der Waals surface area (Å²) in [5.74, 6) is -0.0173. The molecule has 1 saturated heterocycles. The van der Waals surface area contributed by atoms with Crippen molar-refractivity contribution in [2.45, 2.75) is 26.2 Å². The molecule has 2 N–H and O–H groups in total. The van der Waals surface area contributed by atoms with Crippen LogP contribution in [-0.4, -0.2) is 48.8 Å². The van der Waals surface area contributed by atoms with Gasteiger partial charge in [0, 0.05) is 39.0 Å². The van der Waals surface area contributed by atoms with Crippen LogP contribution in [-0.2, 0) is 20.8 Å². The Hall–Kier alpha value is -2.37. The van der Waals surface area contributed by atoms with Gasteiger partial charge in [-0.05, 0) is 18.4 Å². The number of carbonyl (C=O) groups excluding carboxylic acids is 3. The van der Waals surface area contributed by atoms with Gasteiger partial charge in [-0.3, -0.25) is 14.4 Å². The molecule has 0 spiro atoms. The van der Waals surface area contributed by atoms with Crippen LogP contribution in [0.1, 0.15) is 25.3 Å². The predicted octanol–water partition coefficient (Wildman–Crippen LogP) is 0.720. The second kappa shape index (κ2) is 9.05. The lowest BCUT2D eigenvalue weighted by atomic mass is 9.96. The smallest absolute Gasteiger partial charge is 0.224 e. The van der Waals surface area contributed by atoms with E-state index < -0.39 is 0 Å². The summed E-state index contributed by atoms with van der Waals surface area (Å²) in [6.07, 6.45) is 1.75. The summed E-state index contributed by atoms with van der Waals surface area (Å²) in [6.45, 7) is 3.68. The number of likely N-dealkylation sites (tertiary alicyclic amines) is 1. The Labute approximate surface area is 142 Å². The van der Waals surface area contributed by atoms with Crippen LogP contribution in [0.5, 0.6) is 0 Å². The maximum absolute atomic E-state index is 12.1. The van der Waals surface area contributed by atoms with Crippen molar-refractivity contribution in [2.24, 2.45) is 5.92 Å². The molecule has 1 heterocycles. The van der Waals surface area contributed by atoms with Crippen LogP contribution >= 0.6 is 0 Å². The molecular formula is C18H25N3O3. The van der Waals surface area contributed by atoms with E-state index in [0.29, 0.717) is 45.4 Å². The minimum atomic E-state index is -0.0507. The number of amides is 3. The largest absolute Gasteiger partial charge is 0.354 e. The molecule has 24 heavy (non-hydrogen) atoms. The van der Waals surface area contributed by atoms with Crippen molar-refractivity contribution in [1.29, 1.82) is 0 Å². The van der Waals surface area contributed by atoms with Crippen molar-refractivity contribution in [3.63, 3.8) is 0 Å². The molecule has 0 atom stereocenters. The van der Waals surface area contributed by atoms with E-state index in [4.69, 9.17) is 0 Å². The first-order chi connectivity index (χ1) is 11.6. The molecule has 1 fully saturated rings. The number of hydrogen-bond donors (Lipinski definition) is 2. The second-order valence-corrected chi connectivity index (χ2v) is 6.08. The zero-order chi connectivity index (χ0) is 17.4. The van der Waals surface area contributed by atoms with Crippen LogP contribution in [0.2, 0.25) is 0 Å². The van der Waals surface area contributed by atoms with Crippen molar-refractivity contribution in [3.05, 3.63) is 35.9 Å². The summed E-state index contributed by atoms with van der Waals surface area (Å²) in [5.41, 5.74) is 0.969. The average molecular weight is 331 g/mol. The quantitative estimate of drug-likeness (QED) is 0.754. The lowest BCUT2D eigenvalue weighted by molar-refractivity contribution is -0.133. The number of rotatable bonds is 6. The van der Waals surface area contributed by atoms with Gasteiger partial charge in [-0.15, -0.1) is 0 Å². The highest BCUT2D eigenvalue weighted by molar-refractivity contribution is 5.80. The molecule has 0 unspecified atom stereocenters. The third-order valence-corrected chi connectivity index (χ3v) is 4.26. The molecule has 0 aliphatic carbocycles. The van der Waals surface area contributed by atoms with Gasteiger partial charge in [-0.1, -0.05) is 30.3 Å². The van der Waals surface area contributed by atoms with Crippen molar-refractivity contribution in [2.75, 3.05) is 26.2 Å². The summed E-state index contributed by atoms with van der Waals surface area (Å²) in [5, 5.41) is 5.66. The third-order valence-electron chi connectivity index (χ3n) is 4.26. The van der Waals surface area contributed by atoms with E-state index in [-0.39, 0.29) is 23.6 Å². The van der Waals surface area contributed by atoms with Crippen LogP contribution in [0.15, 0.2) is 30.3 Å². The molecule has 0 bridgehead atoms. The SMILES string of the molecule is CC(=O)N1CCC(C(=O)NCCNC(=O)Cc2ccccc2)CC1. The van der Waals surface area contributed by atoms with Gasteiger partial charge in [-0.2, -0.15) is 0 Å². The van der Waals surface area contributed by atoms with Gasteiger partial charge in [-0.25, -0.2) is 0 Å². The van der Waals surface area contributed by atoms with Crippen molar-refractivity contribution < 1.29 is 14.4 Å². The van der Waals surface area contributed by atoms with Gasteiger partial charge in [0.2, 0.25) is 17.7 Å². The fraction of sp³-hybridized carbons (Fsp3) is 0.500. The maximum Gasteiger partial charge on any atom is 0.224 e. The summed E-state index contributed by atoms with van der Waals surface area (Å²) >= 11 is 0. The molecule has 0 radical (unpaired) electrons. The van der Waals surface area contributed by atoms with Crippen LogP contribution in [0.25, 0.3) is 0 Å². The topological polar surface area (TPSA) is 78.5 Å². The number of carbonyl (C=O) groups is 3. The first-order valence-corrected chi connectivity index (χ1v) is 8.40. The van der Waals surface area contributed by atoms with Gasteiger partial charge in [0.25, 0.3) is 0 Å². The zero-order valence-corrected chi connectivity index (χ0v) is 14.1. The van der Waals surface area contributed by atoms with Gasteiger partial charge < -0.3 is 15.5 Å². The van der Waals surface area contributed by atoms with Gasteiger partial charge >= 0.3 is 0 Å². The number of nitrogens with zero attached hydrogens (tertiary/aromatic N) is 1. The van der Waals surface area contributed by atoms with Crippen LogP contribution in [0.4, 0.5) is 0 Å². The van der Waals surface area contributed by atoms with E-state index in [1.165, 1.54) is 0 Å². The molecule has 1 aromatic carbocycles. The minimum absolute atomic E-state index is 0.00973. The number of nitrogens with one attached hydrogen (secondary N) is 2. The molecule has 0 aromatic heterocycles. The molecule has 6 heteroatoms. The second-order valence-electron chi connectivity index (χ2n) is 6.08. The highest BCUT2D eigenvalue weighted by Crippen LogP contribution is 2.17. The molecule has 6 nitrogen and oxygen atoms in total. The van der Waals surface area contributed by atoms with E-state index >= 15 is 0 Å². The number of benzene rings is 1. The molecule has 0 saturated carbocycles. The normalized spacial score (nSPS) is 15.0. The summed E-state index contributed by atoms with van der Waals surface area (Å²) in [6, 6.07) is 9.54. The molecular weight excluding hydrogens is 306 g/mol. The predicted molar refractivity (Wildman–Crippen MR) is 91.1 cm³/mol. The molecule has 1 aromatic rings. The molecule has 1 aliphatic rings. The van der Waals surface area contributed by atoms with E-state index in [1.807, 2.05) is 30.3 Å². The Bertz CT molecular complexity index is 566. The molecule has 130 valence electrons. The van der Waals surface area contributed by atoms with E-state index in [0.717, 1.165) is 5.56 Å². The highest BCUT2D eigenvalue weighted by atomic mass is 16.2.